The van der Waals surface area contributed by atoms with Crippen LogP contribution in [0.4, 0.5) is 4.79 Å². The molecule has 2 N–H and O–H groups in total. The number of ether oxygens (including phenoxy) is 2. The van der Waals surface area contributed by atoms with E-state index in [0.29, 0.717) is 17.9 Å². The first-order valence-corrected chi connectivity index (χ1v) is 6.13. The molecule has 19 heavy (non-hydrogen) atoms. The fraction of sp³-hybridized carbons (Fsp3) is 0.538. The van der Waals surface area contributed by atoms with Gasteiger partial charge in [0.05, 0.1) is 6.61 Å². The number of aromatic amines is 1. The summed E-state index contributed by atoms with van der Waals surface area (Å²) in [6, 6.07) is 1.71. The Morgan fingerprint density at radius 3 is 2.63 bits per heavy atom. The van der Waals surface area contributed by atoms with Gasteiger partial charge in [0.1, 0.15) is 11.3 Å². The number of aromatic nitrogens is 1. The van der Waals surface area contributed by atoms with Crippen LogP contribution in [-0.4, -0.2) is 29.3 Å². The number of nitrogens with one attached hydrogen (secondary N) is 2. The monoisotopic (exact) mass is 268 g/mol. The number of rotatable bonds is 4. The Hall–Kier alpha value is -1.98. The van der Waals surface area contributed by atoms with Gasteiger partial charge in [0, 0.05) is 18.3 Å². The van der Waals surface area contributed by atoms with Gasteiger partial charge in [-0.15, -0.1) is 0 Å². The van der Waals surface area contributed by atoms with Crippen molar-refractivity contribution in [3.05, 3.63) is 23.5 Å². The number of amides is 1. The van der Waals surface area contributed by atoms with E-state index in [9.17, 15) is 9.59 Å². The average Bonchev–Trinajstić information content (AvgIpc) is 2.72. The van der Waals surface area contributed by atoms with Gasteiger partial charge < -0.3 is 19.8 Å². The smallest absolute Gasteiger partial charge is 0.407 e. The molecule has 0 atom stereocenters. The van der Waals surface area contributed by atoms with Crippen molar-refractivity contribution in [3.63, 3.8) is 0 Å². The Kier molecular flexibility index (Phi) is 4.97. The third-order valence-electron chi connectivity index (χ3n) is 2.13. The topological polar surface area (TPSA) is 80.4 Å². The number of carbonyl (C=O) groups is 2. The normalized spacial score (nSPS) is 10.9. The molecule has 0 spiro atoms. The second kappa shape index (κ2) is 6.26. The van der Waals surface area contributed by atoms with Gasteiger partial charge in [-0.3, -0.25) is 0 Å². The largest absolute Gasteiger partial charge is 0.461 e. The molecule has 1 amide bonds. The average molecular weight is 268 g/mol. The molecule has 1 aromatic rings. The molecule has 1 aromatic heterocycles. The predicted molar refractivity (Wildman–Crippen MR) is 69.8 cm³/mol. The van der Waals surface area contributed by atoms with Crippen molar-refractivity contribution in [2.75, 3.05) is 6.61 Å². The molecule has 0 aliphatic heterocycles. The standard InChI is InChI=1S/C13H20N2O4/c1-5-18-11(16)10-9(6-7-14-10)8-15-12(17)19-13(2,3)4/h6-7,14H,5,8H2,1-4H3,(H,15,17). The molecule has 0 saturated heterocycles. The van der Waals surface area contributed by atoms with Crippen LogP contribution in [-0.2, 0) is 16.0 Å². The summed E-state index contributed by atoms with van der Waals surface area (Å²) in [5.41, 5.74) is 0.453. The highest BCUT2D eigenvalue weighted by molar-refractivity contribution is 5.89. The Balaban J connectivity index is 2.57. The molecule has 0 radical (unpaired) electrons. The molecule has 0 aliphatic carbocycles. The van der Waals surface area contributed by atoms with Crippen LogP contribution < -0.4 is 5.32 Å². The van der Waals surface area contributed by atoms with Gasteiger partial charge in [0.15, 0.2) is 0 Å². The summed E-state index contributed by atoms with van der Waals surface area (Å²) in [6.45, 7) is 7.59. The van der Waals surface area contributed by atoms with Gasteiger partial charge in [-0.05, 0) is 33.8 Å². The zero-order valence-corrected chi connectivity index (χ0v) is 11.7. The summed E-state index contributed by atoms with van der Waals surface area (Å²) in [7, 11) is 0. The Morgan fingerprint density at radius 1 is 1.37 bits per heavy atom. The van der Waals surface area contributed by atoms with E-state index in [1.54, 1.807) is 40.0 Å². The predicted octanol–water partition coefficient (Wildman–Crippen LogP) is 2.22. The quantitative estimate of drug-likeness (QED) is 0.820. The first-order chi connectivity index (χ1) is 8.83. The van der Waals surface area contributed by atoms with Crippen LogP contribution in [0.3, 0.4) is 0 Å². The fourth-order valence-electron chi connectivity index (χ4n) is 1.42. The van der Waals surface area contributed by atoms with E-state index in [4.69, 9.17) is 9.47 Å². The minimum atomic E-state index is -0.549. The summed E-state index contributed by atoms with van der Waals surface area (Å²) >= 11 is 0. The first kappa shape index (κ1) is 15.1. The molecule has 0 bridgehead atoms. The SMILES string of the molecule is CCOC(=O)c1[nH]ccc1CNC(=O)OC(C)(C)C. The minimum absolute atomic E-state index is 0.201. The number of alkyl carbamates (subject to hydrolysis) is 1. The molecule has 0 unspecified atom stereocenters. The summed E-state index contributed by atoms with van der Waals surface area (Å²) in [4.78, 5) is 25.9. The van der Waals surface area contributed by atoms with Crippen molar-refractivity contribution in [2.45, 2.75) is 39.8 Å². The number of esters is 1. The van der Waals surface area contributed by atoms with E-state index in [2.05, 4.69) is 10.3 Å². The van der Waals surface area contributed by atoms with Gasteiger partial charge in [-0.2, -0.15) is 0 Å². The van der Waals surface area contributed by atoms with E-state index in [0.717, 1.165) is 0 Å². The third-order valence-corrected chi connectivity index (χ3v) is 2.13. The lowest BCUT2D eigenvalue weighted by molar-refractivity contribution is 0.0499. The highest BCUT2D eigenvalue weighted by atomic mass is 16.6. The molecule has 0 fully saturated rings. The number of hydrogen-bond acceptors (Lipinski definition) is 4. The number of H-pyrrole nitrogens is 1. The zero-order valence-electron chi connectivity index (χ0n) is 11.7. The highest BCUT2D eigenvalue weighted by Crippen LogP contribution is 2.10. The summed E-state index contributed by atoms with van der Waals surface area (Å²) in [5, 5.41) is 2.59. The maximum Gasteiger partial charge on any atom is 0.407 e. The minimum Gasteiger partial charge on any atom is -0.461 e. The summed E-state index contributed by atoms with van der Waals surface area (Å²) < 4.78 is 10.0. The fourth-order valence-corrected chi connectivity index (χ4v) is 1.42. The van der Waals surface area contributed by atoms with Crippen LogP contribution in [0.2, 0.25) is 0 Å². The summed E-state index contributed by atoms with van der Waals surface area (Å²) in [6.07, 6.45) is 1.10. The van der Waals surface area contributed by atoms with Gasteiger partial charge in [0.2, 0.25) is 0 Å². The van der Waals surface area contributed by atoms with E-state index >= 15 is 0 Å². The van der Waals surface area contributed by atoms with Gasteiger partial charge in [0.25, 0.3) is 0 Å². The maximum atomic E-state index is 11.6. The number of carbonyl (C=O) groups excluding carboxylic acids is 2. The number of hydrogen-bond donors (Lipinski definition) is 2. The van der Waals surface area contributed by atoms with Gasteiger partial charge >= 0.3 is 12.1 Å². The van der Waals surface area contributed by atoms with Gasteiger partial charge in [-0.25, -0.2) is 9.59 Å². The second-order valence-electron chi connectivity index (χ2n) is 4.95. The summed E-state index contributed by atoms with van der Waals surface area (Å²) in [5.74, 6) is -0.437. The van der Waals surface area contributed by atoms with E-state index < -0.39 is 17.7 Å². The van der Waals surface area contributed by atoms with Crippen molar-refractivity contribution in [1.82, 2.24) is 10.3 Å². The molecule has 1 rings (SSSR count). The maximum absolute atomic E-state index is 11.6. The molecule has 6 nitrogen and oxygen atoms in total. The van der Waals surface area contributed by atoms with Crippen LogP contribution >= 0.6 is 0 Å². The highest BCUT2D eigenvalue weighted by Gasteiger charge is 2.18. The molecule has 0 saturated carbocycles. The van der Waals surface area contributed by atoms with Crippen LogP contribution in [0, 0.1) is 0 Å². The van der Waals surface area contributed by atoms with Crippen LogP contribution in [0.1, 0.15) is 43.7 Å². The molecule has 6 heteroatoms. The van der Waals surface area contributed by atoms with E-state index in [1.807, 2.05) is 0 Å². The van der Waals surface area contributed by atoms with Crippen molar-refractivity contribution < 1.29 is 19.1 Å². The second-order valence-corrected chi connectivity index (χ2v) is 4.95. The molecular formula is C13H20N2O4. The van der Waals surface area contributed by atoms with Crippen molar-refractivity contribution in [2.24, 2.45) is 0 Å². The van der Waals surface area contributed by atoms with Crippen LogP contribution in [0.5, 0.6) is 0 Å². The van der Waals surface area contributed by atoms with Crippen LogP contribution in [0.15, 0.2) is 12.3 Å². The van der Waals surface area contributed by atoms with Gasteiger partial charge in [-0.1, -0.05) is 0 Å². The lowest BCUT2D eigenvalue weighted by atomic mass is 10.2. The Morgan fingerprint density at radius 2 is 2.05 bits per heavy atom. The van der Waals surface area contributed by atoms with Crippen molar-refractivity contribution >= 4 is 12.1 Å². The van der Waals surface area contributed by atoms with E-state index in [1.165, 1.54) is 0 Å². The Bertz CT molecular complexity index is 446. The third kappa shape index (κ3) is 5.03. The van der Waals surface area contributed by atoms with E-state index in [-0.39, 0.29) is 6.54 Å². The lowest BCUT2D eigenvalue weighted by Gasteiger charge is -2.19. The first-order valence-electron chi connectivity index (χ1n) is 6.13. The Labute approximate surface area is 112 Å². The molecule has 106 valence electrons. The molecule has 0 aliphatic rings. The zero-order chi connectivity index (χ0) is 14.5. The lowest BCUT2D eigenvalue weighted by Crippen LogP contribution is -2.32. The molecular weight excluding hydrogens is 248 g/mol. The van der Waals surface area contributed by atoms with Crippen molar-refractivity contribution in [3.8, 4) is 0 Å². The molecule has 1 heterocycles. The van der Waals surface area contributed by atoms with Crippen LogP contribution in [0.25, 0.3) is 0 Å². The van der Waals surface area contributed by atoms with Crippen molar-refractivity contribution in [1.29, 1.82) is 0 Å². The molecule has 0 aromatic carbocycles.